The first-order valence-electron chi connectivity index (χ1n) is 3.80. The number of rotatable bonds is 2. The average molecular weight is 235 g/mol. The molecule has 3 atom stereocenters. The molecular formula is C8H11BrO3. The van der Waals surface area contributed by atoms with Gasteiger partial charge in [-0.15, -0.1) is 0 Å². The first-order valence-corrected chi connectivity index (χ1v) is 4.72. The Morgan fingerprint density at radius 2 is 2.42 bits per heavy atom. The third kappa shape index (κ3) is 2.60. The lowest BCUT2D eigenvalue weighted by Crippen LogP contribution is -2.21. The molecule has 0 aromatic rings. The lowest BCUT2D eigenvalue weighted by atomic mass is 10.3. The first-order chi connectivity index (χ1) is 5.59. The monoisotopic (exact) mass is 234 g/mol. The van der Waals surface area contributed by atoms with Gasteiger partial charge in [-0.2, -0.15) is 0 Å². The number of alkyl halides is 1. The Bertz CT molecular complexity index is 200. The fourth-order valence-electron chi connectivity index (χ4n) is 0.978. The van der Waals surface area contributed by atoms with E-state index in [1.807, 2.05) is 0 Å². The van der Waals surface area contributed by atoms with Crippen molar-refractivity contribution in [3.8, 4) is 0 Å². The van der Waals surface area contributed by atoms with Crippen molar-refractivity contribution in [2.24, 2.45) is 0 Å². The van der Waals surface area contributed by atoms with Crippen LogP contribution in [0.1, 0.15) is 13.3 Å². The second-order valence-corrected chi connectivity index (χ2v) is 4.15. The van der Waals surface area contributed by atoms with Crippen LogP contribution in [0.15, 0.2) is 12.2 Å². The maximum absolute atomic E-state index is 11.0. The topological polar surface area (TPSA) is 46.5 Å². The van der Waals surface area contributed by atoms with Gasteiger partial charge in [0.15, 0.2) is 0 Å². The molecule has 0 unspecified atom stereocenters. The van der Waals surface area contributed by atoms with Gasteiger partial charge in [0.25, 0.3) is 0 Å². The van der Waals surface area contributed by atoms with Gasteiger partial charge in [0.2, 0.25) is 0 Å². The van der Waals surface area contributed by atoms with Crippen molar-refractivity contribution in [3.63, 3.8) is 0 Å². The third-order valence-electron chi connectivity index (χ3n) is 1.61. The molecule has 3 nitrogen and oxygen atoms in total. The molecule has 0 aromatic heterocycles. The highest BCUT2D eigenvalue weighted by atomic mass is 79.9. The molecule has 0 aromatic carbocycles. The summed E-state index contributed by atoms with van der Waals surface area (Å²) < 4.78 is 5.01. The van der Waals surface area contributed by atoms with Gasteiger partial charge in [0, 0.05) is 6.42 Å². The zero-order chi connectivity index (χ0) is 9.14. The molecule has 0 saturated carbocycles. The Morgan fingerprint density at radius 1 is 1.75 bits per heavy atom. The minimum absolute atomic E-state index is 0.257. The highest BCUT2D eigenvalue weighted by Crippen LogP contribution is 2.15. The van der Waals surface area contributed by atoms with E-state index in [1.165, 1.54) is 0 Å². The number of ether oxygens (including phenoxy) is 1. The Hall–Kier alpha value is -0.350. The summed E-state index contributed by atoms with van der Waals surface area (Å²) in [5, 5.41) is 9.06. The van der Waals surface area contributed by atoms with Crippen LogP contribution in [0.4, 0.5) is 0 Å². The summed E-state index contributed by atoms with van der Waals surface area (Å²) in [7, 11) is 0. The summed E-state index contributed by atoms with van der Waals surface area (Å²) in [6.07, 6.45) is 3.10. The van der Waals surface area contributed by atoms with Crippen molar-refractivity contribution in [2.45, 2.75) is 30.4 Å². The second kappa shape index (κ2) is 4.05. The molecule has 0 amide bonds. The van der Waals surface area contributed by atoms with Gasteiger partial charge < -0.3 is 9.84 Å². The quantitative estimate of drug-likeness (QED) is 0.441. The highest BCUT2D eigenvalue weighted by molar-refractivity contribution is 9.10. The van der Waals surface area contributed by atoms with Crippen LogP contribution in [-0.2, 0) is 9.53 Å². The maximum Gasteiger partial charge on any atom is 0.320 e. The Labute approximate surface area is 79.5 Å². The van der Waals surface area contributed by atoms with Gasteiger partial charge in [-0.25, -0.2) is 0 Å². The van der Waals surface area contributed by atoms with E-state index in [4.69, 9.17) is 9.84 Å². The van der Waals surface area contributed by atoms with E-state index in [-0.39, 0.29) is 16.9 Å². The molecule has 1 aliphatic carbocycles. The molecular weight excluding hydrogens is 224 g/mol. The van der Waals surface area contributed by atoms with E-state index in [1.54, 1.807) is 19.1 Å². The SMILES string of the molecule is C[C@H](Br)C(=O)O[C@H]1C=C[C@@H](O)C1. The van der Waals surface area contributed by atoms with E-state index >= 15 is 0 Å². The van der Waals surface area contributed by atoms with Gasteiger partial charge in [-0.1, -0.05) is 22.0 Å². The van der Waals surface area contributed by atoms with Crippen molar-refractivity contribution >= 4 is 21.9 Å². The molecule has 0 saturated heterocycles. The normalized spacial score (nSPS) is 30.2. The van der Waals surface area contributed by atoms with Crippen LogP contribution in [-0.4, -0.2) is 28.1 Å². The van der Waals surface area contributed by atoms with Crippen LogP contribution in [0.3, 0.4) is 0 Å². The molecule has 4 heteroatoms. The lowest BCUT2D eigenvalue weighted by Gasteiger charge is -2.11. The van der Waals surface area contributed by atoms with Gasteiger partial charge in [-0.05, 0) is 13.0 Å². The summed E-state index contributed by atoms with van der Waals surface area (Å²) in [5.41, 5.74) is 0. The Balaban J connectivity index is 2.34. The molecule has 12 heavy (non-hydrogen) atoms. The average Bonchev–Trinajstić information content (AvgIpc) is 2.35. The number of esters is 1. The van der Waals surface area contributed by atoms with E-state index in [2.05, 4.69) is 15.9 Å². The number of carbonyl (C=O) groups is 1. The summed E-state index contributed by atoms with van der Waals surface area (Å²) in [6.45, 7) is 1.71. The molecule has 0 radical (unpaired) electrons. The van der Waals surface area contributed by atoms with Crippen molar-refractivity contribution < 1.29 is 14.6 Å². The van der Waals surface area contributed by atoms with Crippen molar-refractivity contribution in [3.05, 3.63) is 12.2 Å². The molecule has 0 heterocycles. The molecule has 0 fully saturated rings. The smallest absolute Gasteiger partial charge is 0.320 e. The van der Waals surface area contributed by atoms with Gasteiger partial charge in [0.05, 0.1) is 6.10 Å². The van der Waals surface area contributed by atoms with E-state index < -0.39 is 6.10 Å². The zero-order valence-corrected chi connectivity index (χ0v) is 8.32. The highest BCUT2D eigenvalue weighted by Gasteiger charge is 2.21. The maximum atomic E-state index is 11.0. The number of carbonyl (C=O) groups excluding carboxylic acids is 1. The van der Waals surface area contributed by atoms with Crippen molar-refractivity contribution in [1.29, 1.82) is 0 Å². The van der Waals surface area contributed by atoms with Gasteiger partial charge in [-0.3, -0.25) is 4.79 Å². The second-order valence-electron chi connectivity index (χ2n) is 2.78. The summed E-state index contributed by atoms with van der Waals surface area (Å²) in [4.78, 5) is 10.7. The standard InChI is InChI=1S/C8H11BrO3/c1-5(9)8(11)12-7-3-2-6(10)4-7/h2-3,5-7,10H,4H2,1H3/t5-,6+,7-/m0/s1. The van der Waals surface area contributed by atoms with Crippen LogP contribution in [0.2, 0.25) is 0 Å². The molecule has 68 valence electrons. The third-order valence-corrected chi connectivity index (χ3v) is 1.99. The summed E-state index contributed by atoms with van der Waals surface area (Å²) >= 11 is 3.10. The predicted molar refractivity (Wildman–Crippen MR) is 48.0 cm³/mol. The number of hydrogen-bond acceptors (Lipinski definition) is 3. The van der Waals surface area contributed by atoms with Crippen molar-refractivity contribution in [1.82, 2.24) is 0 Å². The summed E-state index contributed by atoms with van der Waals surface area (Å²) in [5.74, 6) is -0.293. The van der Waals surface area contributed by atoms with Gasteiger partial charge >= 0.3 is 5.97 Å². The van der Waals surface area contributed by atoms with Crippen LogP contribution in [0.25, 0.3) is 0 Å². The minimum atomic E-state index is -0.464. The molecule has 0 aliphatic heterocycles. The molecule has 1 N–H and O–H groups in total. The number of aliphatic hydroxyl groups is 1. The number of halogens is 1. The number of aliphatic hydroxyl groups excluding tert-OH is 1. The lowest BCUT2D eigenvalue weighted by molar-refractivity contribution is -0.146. The fourth-order valence-corrected chi connectivity index (χ4v) is 1.09. The largest absolute Gasteiger partial charge is 0.457 e. The summed E-state index contributed by atoms with van der Waals surface area (Å²) in [6, 6.07) is 0. The minimum Gasteiger partial charge on any atom is -0.457 e. The van der Waals surface area contributed by atoms with Crippen LogP contribution >= 0.6 is 15.9 Å². The molecule has 1 aliphatic rings. The fraction of sp³-hybridized carbons (Fsp3) is 0.625. The zero-order valence-electron chi connectivity index (χ0n) is 6.74. The van der Waals surface area contributed by atoms with Crippen molar-refractivity contribution in [2.75, 3.05) is 0 Å². The molecule has 1 rings (SSSR count). The van der Waals surface area contributed by atoms with Gasteiger partial charge in [0.1, 0.15) is 10.9 Å². The van der Waals surface area contributed by atoms with Crippen LogP contribution in [0.5, 0.6) is 0 Å². The van der Waals surface area contributed by atoms with E-state index in [0.717, 1.165) is 0 Å². The Kier molecular flexibility index (Phi) is 3.29. The first kappa shape index (κ1) is 9.74. The molecule has 0 bridgehead atoms. The van der Waals surface area contributed by atoms with E-state index in [0.29, 0.717) is 6.42 Å². The molecule has 0 spiro atoms. The van der Waals surface area contributed by atoms with Crippen LogP contribution in [0, 0.1) is 0 Å². The van der Waals surface area contributed by atoms with E-state index in [9.17, 15) is 4.79 Å². The Morgan fingerprint density at radius 3 is 2.83 bits per heavy atom. The van der Waals surface area contributed by atoms with Crippen LogP contribution < -0.4 is 0 Å². The predicted octanol–water partition coefficient (Wildman–Crippen LogP) is 1.00. The number of hydrogen-bond donors (Lipinski definition) is 1.